The van der Waals surface area contributed by atoms with Gasteiger partial charge in [-0.15, -0.1) is 0 Å². The number of likely N-dealkylation sites (tertiary alicyclic amines) is 1. The van der Waals surface area contributed by atoms with E-state index in [0.29, 0.717) is 13.0 Å². The van der Waals surface area contributed by atoms with Crippen LogP contribution in [0.3, 0.4) is 0 Å². The molecule has 3 fully saturated rings. The molecule has 1 aromatic rings. The molecule has 3 unspecified atom stereocenters. The van der Waals surface area contributed by atoms with Gasteiger partial charge in [0, 0.05) is 12.1 Å². The van der Waals surface area contributed by atoms with Crippen LogP contribution in [0.15, 0.2) is 30.3 Å². The van der Waals surface area contributed by atoms with Crippen molar-refractivity contribution < 1.29 is 24.2 Å². The third kappa shape index (κ3) is 5.54. The van der Waals surface area contributed by atoms with E-state index >= 15 is 0 Å². The Kier molecular flexibility index (Phi) is 8.44. The predicted molar refractivity (Wildman–Crippen MR) is 159 cm³/mol. The van der Waals surface area contributed by atoms with Crippen molar-refractivity contribution >= 4 is 17.7 Å². The molecule has 3 heterocycles. The van der Waals surface area contributed by atoms with Crippen molar-refractivity contribution in [2.24, 2.45) is 29.1 Å². The number of hydrogen-bond donors (Lipinski definition) is 3. The van der Waals surface area contributed by atoms with Crippen molar-refractivity contribution in [3.63, 3.8) is 0 Å². The highest BCUT2D eigenvalue weighted by atomic mass is 16.5. The number of aliphatic hydroxyl groups is 1. The van der Waals surface area contributed by atoms with Gasteiger partial charge in [-0.1, -0.05) is 78.3 Å². The third-order valence-electron chi connectivity index (χ3n) is 9.87. The zero-order chi connectivity index (χ0) is 30.5. The lowest BCUT2D eigenvalue weighted by Gasteiger charge is -2.41. The largest absolute Gasteiger partial charge is 0.394 e. The molecule has 0 saturated carbocycles. The number of rotatable bonds is 10. The highest BCUT2D eigenvalue weighted by Crippen LogP contribution is 2.65. The summed E-state index contributed by atoms with van der Waals surface area (Å²) in [5.74, 6) is -2.44. The zero-order valence-corrected chi connectivity index (χ0v) is 26.4. The van der Waals surface area contributed by atoms with E-state index in [4.69, 9.17) is 4.74 Å². The van der Waals surface area contributed by atoms with Crippen LogP contribution in [0.1, 0.15) is 87.1 Å². The Hall–Kier alpha value is -2.45. The van der Waals surface area contributed by atoms with E-state index in [0.717, 1.165) is 18.4 Å². The monoisotopic (exact) mass is 569 g/mol. The number of aliphatic hydroxyl groups excluding tert-OH is 1. The van der Waals surface area contributed by atoms with Crippen molar-refractivity contribution in [2.75, 3.05) is 6.61 Å². The average molecular weight is 570 g/mol. The number of amides is 3. The number of ether oxygens (including phenoxy) is 1. The summed E-state index contributed by atoms with van der Waals surface area (Å²) in [5.41, 5.74) is -1.64. The minimum Gasteiger partial charge on any atom is -0.394 e. The molecular formula is C33H51N3O5. The van der Waals surface area contributed by atoms with Gasteiger partial charge in [0.1, 0.15) is 11.6 Å². The van der Waals surface area contributed by atoms with Gasteiger partial charge in [-0.2, -0.15) is 0 Å². The van der Waals surface area contributed by atoms with Crippen LogP contribution in [0.5, 0.6) is 0 Å². The molecular weight excluding hydrogens is 518 g/mol. The lowest BCUT2D eigenvalue weighted by atomic mass is 9.62. The van der Waals surface area contributed by atoms with Gasteiger partial charge in [0.15, 0.2) is 0 Å². The van der Waals surface area contributed by atoms with E-state index < -0.39 is 40.7 Å². The first kappa shape index (κ1) is 31.5. The standard InChI is InChI=1S/C33H51N3O5/c1-10-20(2)23(18-37)36-26(28(39)35-31(7,8)19-30(4,5)6)33-16-21(3)32(9,41-33)24(25(33)29(36)40)27(38)34-17-22-14-12-11-13-15-22/h11-15,20-21,23-26,37H,10,16-19H2,1-9H3,(H,34,38)(H,35,39)/t20-,21?,23-,24-,25-,26?,32+,33?/m0/s1. The molecule has 0 radical (unpaired) electrons. The number of nitrogens with one attached hydrogen (secondary N) is 2. The van der Waals surface area contributed by atoms with Crippen LogP contribution in [0.4, 0.5) is 0 Å². The average Bonchev–Trinajstić information content (AvgIpc) is 3.38. The molecule has 8 atom stereocenters. The fraction of sp³-hybridized carbons (Fsp3) is 0.727. The van der Waals surface area contributed by atoms with Crippen molar-refractivity contribution in [3.05, 3.63) is 35.9 Å². The molecule has 228 valence electrons. The SMILES string of the molecule is CC[C@H](C)[C@H](CO)N1C(=O)[C@@H]2[C@@H](C(=O)NCc3ccccc3)[C@]3(C)OC2(CC3C)C1C(=O)NC(C)(C)CC(C)(C)C. The van der Waals surface area contributed by atoms with Crippen molar-refractivity contribution in [3.8, 4) is 0 Å². The van der Waals surface area contributed by atoms with E-state index in [1.165, 1.54) is 0 Å². The van der Waals surface area contributed by atoms with Crippen molar-refractivity contribution in [2.45, 2.75) is 117 Å². The molecule has 0 aromatic heterocycles. The zero-order valence-electron chi connectivity index (χ0n) is 26.4. The molecule has 8 nitrogen and oxygen atoms in total. The first-order valence-electron chi connectivity index (χ1n) is 15.3. The molecule has 3 amide bonds. The fourth-order valence-electron chi connectivity index (χ4n) is 8.21. The second kappa shape index (κ2) is 11.0. The Labute approximate surface area is 246 Å². The minimum atomic E-state index is -1.15. The Morgan fingerprint density at radius 2 is 1.78 bits per heavy atom. The highest BCUT2D eigenvalue weighted by Gasteiger charge is 2.80. The van der Waals surface area contributed by atoms with Gasteiger partial charge in [0.05, 0.1) is 30.1 Å². The Morgan fingerprint density at radius 3 is 2.34 bits per heavy atom. The van der Waals surface area contributed by atoms with Crippen LogP contribution in [0.25, 0.3) is 0 Å². The van der Waals surface area contributed by atoms with E-state index in [1.54, 1.807) is 4.90 Å². The second-order valence-corrected chi connectivity index (χ2v) is 14.9. The van der Waals surface area contributed by atoms with E-state index in [1.807, 2.05) is 71.9 Å². The first-order valence-corrected chi connectivity index (χ1v) is 15.3. The minimum absolute atomic E-state index is 0.0284. The van der Waals surface area contributed by atoms with Gasteiger partial charge in [-0.05, 0) is 56.4 Å². The van der Waals surface area contributed by atoms with Crippen LogP contribution in [0.2, 0.25) is 0 Å². The molecule has 4 rings (SSSR count). The lowest BCUT2D eigenvalue weighted by Crippen LogP contribution is -2.62. The summed E-state index contributed by atoms with van der Waals surface area (Å²) < 4.78 is 6.86. The number of fused-ring (bicyclic) bond motifs is 1. The maximum absolute atomic E-state index is 14.5. The Balaban J connectivity index is 1.75. The van der Waals surface area contributed by atoms with E-state index in [-0.39, 0.29) is 41.6 Å². The van der Waals surface area contributed by atoms with E-state index in [9.17, 15) is 19.5 Å². The predicted octanol–water partition coefficient (Wildman–Crippen LogP) is 4.05. The van der Waals surface area contributed by atoms with Crippen molar-refractivity contribution in [1.29, 1.82) is 0 Å². The number of nitrogens with zero attached hydrogens (tertiary/aromatic N) is 1. The number of carbonyl (C=O) groups excluding carboxylic acids is 3. The molecule has 41 heavy (non-hydrogen) atoms. The summed E-state index contributed by atoms with van der Waals surface area (Å²) >= 11 is 0. The van der Waals surface area contributed by atoms with Crippen LogP contribution in [-0.4, -0.2) is 63.2 Å². The van der Waals surface area contributed by atoms with Gasteiger partial charge < -0.3 is 25.4 Å². The van der Waals surface area contributed by atoms with Crippen LogP contribution >= 0.6 is 0 Å². The van der Waals surface area contributed by atoms with Crippen LogP contribution in [-0.2, 0) is 25.7 Å². The summed E-state index contributed by atoms with van der Waals surface area (Å²) in [5, 5.41) is 16.9. The molecule has 0 aliphatic carbocycles. The van der Waals surface area contributed by atoms with Gasteiger partial charge in [0.2, 0.25) is 17.7 Å². The van der Waals surface area contributed by atoms with Crippen LogP contribution < -0.4 is 10.6 Å². The second-order valence-electron chi connectivity index (χ2n) is 14.9. The van der Waals surface area contributed by atoms with Gasteiger partial charge in [0.25, 0.3) is 0 Å². The number of benzene rings is 1. The Morgan fingerprint density at radius 1 is 1.15 bits per heavy atom. The maximum Gasteiger partial charge on any atom is 0.246 e. The van der Waals surface area contributed by atoms with Gasteiger partial charge in [-0.3, -0.25) is 14.4 Å². The van der Waals surface area contributed by atoms with Gasteiger partial charge in [-0.25, -0.2) is 0 Å². The van der Waals surface area contributed by atoms with Crippen LogP contribution in [0, 0.1) is 29.1 Å². The summed E-state index contributed by atoms with van der Waals surface area (Å²) in [6.07, 6.45) is 1.96. The Bertz CT molecular complexity index is 1150. The number of hydrogen-bond acceptors (Lipinski definition) is 5. The topological polar surface area (TPSA) is 108 Å². The fourth-order valence-corrected chi connectivity index (χ4v) is 8.21. The molecule has 8 heteroatoms. The van der Waals surface area contributed by atoms with Crippen molar-refractivity contribution in [1.82, 2.24) is 15.5 Å². The quantitative estimate of drug-likeness (QED) is 0.394. The summed E-state index contributed by atoms with van der Waals surface area (Å²) in [4.78, 5) is 44.4. The normalized spacial score (nSPS) is 32.5. The summed E-state index contributed by atoms with van der Waals surface area (Å²) in [6, 6.07) is 8.17. The summed E-state index contributed by atoms with van der Waals surface area (Å²) in [6.45, 7) is 18.5. The molecule has 3 N–H and O–H groups in total. The third-order valence-corrected chi connectivity index (χ3v) is 9.87. The van der Waals surface area contributed by atoms with Gasteiger partial charge >= 0.3 is 0 Å². The molecule has 3 aliphatic rings. The highest BCUT2D eigenvalue weighted by molar-refractivity contribution is 5.99. The molecule has 3 aliphatic heterocycles. The molecule has 3 saturated heterocycles. The maximum atomic E-state index is 14.5. The molecule has 1 aromatic carbocycles. The summed E-state index contributed by atoms with van der Waals surface area (Å²) in [7, 11) is 0. The molecule has 1 spiro atoms. The first-order chi connectivity index (χ1) is 19.0. The number of carbonyl (C=O) groups is 3. The molecule has 2 bridgehead atoms. The lowest BCUT2D eigenvalue weighted by molar-refractivity contribution is -0.153. The van der Waals surface area contributed by atoms with E-state index in [2.05, 4.69) is 31.4 Å². The smallest absolute Gasteiger partial charge is 0.246 e.